The van der Waals surface area contributed by atoms with Gasteiger partial charge in [0.15, 0.2) is 6.10 Å². The van der Waals surface area contributed by atoms with Crippen molar-refractivity contribution in [2.45, 2.75) is 219 Å². The standard InChI is InChI=1S/C59H94O6/c1-4-7-10-13-16-19-22-24-26-28-29-31-33-35-38-41-44-47-50-53-59(62)65-56(54-63-57(60)51-48-45-42-39-36-21-18-15-12-9-6-3)55-64-58(61)52-49-46-43-40-37-34-32-30-27-25-23-20-17-14-11-8-5-2/h15-20,24-27,29,31-32,34-35,38,40,43-44,47,56H,4-14,21-23,28,30,33,36-37,39,41-42,45-46,48-55H2,1-3H3/b18-15-,19-16-,20-17-,26-24-,27-25-,31-29-,34-32-,38-35-,43-40-,47-44-/t56-/m0/s1. The smallest absolute Gasteiger partial charge is 0.306 e. The monoisotopic (exact) mass is 899 g/mol. The number of unbranched alkanes of at least 4 members (excludes halogenated alkanes) is 14. The van der Waals surface area contributed by atoms with Gasteiger partial charge >= 0.3 is 17.9 Å². The van der Waals surface area contributed by atoms with Gasteiger partial charge in [0.1, 0.15) is 13.2 Å². The second kappa shape index (κ2) is 52.4. The Hall–Kier alpha value is -4.19. The molecule has 6 nitrogen and oxygen atoms in total. The zero-order valence-electron chi connectivity index (χ0n) is 41.7. The molecule has 0 aromatic carbocycles. The number of hydrogen-bond acceptors (Lipinski definition) is 6. The minimum atomic E-state index is -0.845. The summed E-state index contributed by atoms with van der Waals surface area (Å²) in [7, 11) is 0. The van der Waals surface area contributed by atoms with Crippen LogP contribution in [-0.2, 0) is 28.6 Å². The van der Waals surface area contributed by atoms with E-state index in [9.17, 15) is 14.4 Å². The van der Waals surface area contributed by atoms with Crippen molar-refractivity contribution in [3.05, 3.63) is 122 Å². The molecule has 0 saturated heterocycles. The van der Waals surface area contributed by atoms with Crippen LogP contribution in [0.5, 0.6) is 0 Å². The number of carbonyl (C=O) groups excluding carboxylic acids is 3. The van der Waals surface area contributed by atoms with Crippen molar-refractivity contribution in [3.63, 3.8) is 0 Å². The molecule has 0 aliphatic carbocycles. The molecule has 0 N–H and O–H groups in total. The van der Waals surface area contributed by atoms with E-state index < -0.39 is 12.1 Å². The summed E-state index contributed by atoms with van der Waals surface area (Å²) in [5.74, 6) is -1.09. The molecule has 0 radical (unpaired) electrons. The SMILES string of the molecule is CCCC/C=C\CCCCCCCC(=O)OC[C@@H](COC(=O)CCC/C=C\C/C=C\C/C=C\C/C=C\CCCCC)OC(=O)CC/C=C\C/C=C\C/C=C\C/C=C\C/C=C\CCCCC. The van der Waals surface area contributed by atoms with Crippen molar-refractivity contribution in [2.75, 3.05) is 13.2 Å². The van der Waals surface area contributed by atoms with E-state index in [2.05, 4.69) is 130 Å². The number of carbonyl (C=O) groups is 3. The Kier molecular flexibility index (Phi) is 49.1. The molecule has 366 valence electrons. The van der Waals surface area contributed by atoms with Crippen LogP contribution in [0, 0.1) is 0 Å². The Morgan fingerprint density at radius 2 is 0.615 bits per heavy atom. The van der Waals surface area contributed by atoms with Crippen molar-refractivity contribution in [2.24, 2.45) is 0 Å². The number of ether oxygens (including phenoxy) is 3. The lowest BCUT2D eigenvalue weighted by Crippen LogP contribution is -2.30. The van der Waals surface area contributed by atoms with E-state index in [0.29, 0.717) is 19.3 Å². The first-order chi connectivity index (χ1) is 32.0. The molecule has 0 unspecified atom stereocenters. The predicted octanol–water partition coefficient (Wildman–Crippen LogP) is 17.3. The molecule has 0 saturated carbocycles. The number of rotatable bonds is 45. The van der Waals surface area contributed by atoms with E-state index in [0.717, 1.165) is 83.5 Å². The first-order valence-corrected chi connectivity index (χ1v) is 26.0. The number of esters is 3. The van der Waals surface area contributed by atoms with E-state index >= 15 is 0 Å². The van der Waals surface area contributed by atoms with Crippen molar-refractivity contribution < 1.29 is 28.6 Å². The lowest BCUT2D eigenvalue weighted by molar-refractivity contribution is -0.166. The summed E-state index contributed by atoms with van der Waals surface area (Å²) in [6, 6.07) is 0. The van der Waals surface area contributed by atoms with Gasteiger partial charge in [-0.1, -0.05) is 200 Å². The van der Waals surface area contributed by atoms with Crippen LogP contribution in [0.25, 0.3) is 0 Å². The molecule has 0 aliphatic rings. The molecule has 0 bridgehead atoms. The highest BCUT2D eigenvalue weighted by molar-refractivity contribution is 5.71. The molecule has 0 spiro atoms. The van der Waals surface area contributed by atoms with Gasteiger partial charge in [0.2, 0.25) is 0 Å². The molecule has 0 fully saturated rings. The first kappa shape index (κ1) is 60.8. The summed E-state index contributed by atoms with van der Waals surface area (Å²) in [4.78, 5) is 37.9. The minimum Gasteiger partial charge on any atom is -0.462 e. The Morgan fingerprint density at radius 3 is 1.05 bits per heavy atom. The largest absolute Gasteiger partial charge is 0.462 e. The van der Waals surface area contributed by atoms with Gasteiger partial charge in [0.25, 0.3) is 0 Å². The topological polar surface area (TPSA) is 78.9 Å². The fourth-order valence-corrected chi connectivity index (χ4v) is 6.45. The third kappa shape index (κ3) is 50.7. The number of hydrogen-bond donors (Lipinski definition) is 0. The summed E-state index contributed by atoms with van der Waals surface area (Å²) >= 11 is 0. The average molecular weight is 899 g/mol. The van der Waals surface area contributed by atoms with Crippen LogP contribution in [0.4, 0.5) is 0 Å². The average Bonchev–Trinajstić information content (AvgIpc) is 3.30. The van der Waals surface area contributed by atoms with Crippen molar-refractivity contribution in [3.8, 4) is 0 Å². The Labute approximate surface area is 399 Å². The van der Waals surface area contributed by atoms with E-state index in [1.165, 1.54) is 77.0 Å². The number of allylic oxidation sites excluding steroid dienone is 20. The van der Waals surface area contributed by atoms with Gasteiger partial charge in [0, 0.05) is 19.3 Å². The minimum absolute atomic E-state index is 0.133. The normalized spacial score (nSPS) is 13.1. The maximum atomic E-state index is 12.8. The maximum absolute atomic E-state index is 12.8. The van der Waals surface area contributed by atoms with Crippen LogP contribution in [0.2, 0.25) is 0 Å². The highest BCUT2D eigenvalue weighted by atomic mass is 16.6. The quantitative estimate of drug-likeness (QED) is 0.0262. The maximum Gasteiger partial charge on any atom is 0.306 e. The fraction of sp³-hybridized carbons (Fsp3) is 0.610. The predicted molar refractivity (Wildman–Crippen MR) is 279 cm³/mol. The van der Waals surface area contributed by atoms with Crippen LogP contribution >= 0.6 is 0 Å². The lowest BCUT2D eigenvalue weighted by Gasteiger charge is -2.18. The molecule has 0 aromatic rings. The van der Waals surface area contributed by atoms with Gasteiger partial charge in [-0.2, -0.15) is 0 Å². The van der Waals surface area contributed by atoms with Gasteiger partial charge in [-0.3, -0.25) is 14.4 Å². The van der Waals surface area contributed by atoms with Gasteiger partial charge < -0.3 is 14.2 Å². The van der Waals surface area contributed by atoms with Gasteiger partial charge in [-0.05, 0) is 116 Å². The summed E-state index contributed by atoms with van der Waals surface area (Å²) in [5.41, 5.74) is 0. The van der Waals surface area contributed by atoms with E-state index in [1.807, 2.05) is 12.2 Å². The summed E-state index contributed by atoms with van der Waals surface area (Å²) < 4.78 is 16.6. The van der Waals surface area contributed by atoms with E-state index in [1.54, 1.807) is 0 Å². The molecule has 65 heavy (non-hydrogen) atoms. The summed E-state index contributed by atoms with van der Waals surface area (Å²) in [6.45, 7) is 6.40. The highest BCUT2D eigenvalue weighted by Crippen LogP contribution is 2.11. The Bertz CT molecular complexity index is 1400. The second-order valence-corrected chi connectivity index (χ2v) is 16.7. The van der Waals surface area contributed by atoms with Crippen LogP contribution in [-0.4, -0.2) is 37.2 Å². The third-order valence-electron chi connectivity index (χ3n) is 10.4. The molecule has 0 aliphatic heterocycles. The summed E-state index contributed by atoms with van der Waals surface area (Å²) in [5, 5.41) is 0. The summed E-state index contributed by atoms with van der Waals surface area (Å²) in [6.07, 6.45) is 72.0. The molecule has 0 heterocycles. The van der Waals surface area contributed by atoms with Crippen LogP contribution in [0.1, 0.15) is 213 Å². The van der Waals surface area contributed by atoms with Crippen LogP contribution < -0.4 is 0 Å². The molecular formula is C59H94O6. The molecule has 1 atom stereocenters. The van der Waals surface area contributed by atoms with Crippen LogP contribution in [0.3, 0.4) is 0 Å². The lowest BCUT2D eigenvalue weighted by atomic mass is 10.1. The molecule has 0 amide bonds. The van der Waals surface area contributed by atoms with Crippen molar-refractivity contribution in [1.29, 1.82) is 0 Å². The first-order valence-electron chi connectivity index (χ1n) is 26.0. The van der Waals surface area contributed by atoms with E-state index in [4.69, 9.17) is 14.2 Å². The van der Waals surface area contributed by atoms with Gasteiger partial charge in [0.05, 0.1) is 0 Å². The van der Waals surface area contributed by atoms with Crippen molar-refractivity contribution >= 4 is 17.9 Å². The van der Waals surface area contributed by atoms with Gasteiger partial charge in [-0.15, -0.1) is 0 Å². The molecule has 0 rings (SSSR count). The van der Waals surface area contributed by atoms with Crippen molar-refractivity contribution in [1.82, 2.24) is 0 Å². The molecule has 0 aromatic heterocycles. The Morgan fingerprint density at radius 1 is 0.308 bits per heavy atom. The molecular weight excluding hydrogens is 805 g/mol. The van der Waals surface area contributed by atoms with Crippen LogP contribution in [0.15, 0.2) is 122 Å². The Balaban J connectivity index is 4.61. The molecule has 6 heteroatoms. The zero-order valence-corrected chi connectivity index (χ0v) is 41.7. The van der Waals surface area contributed by atoms with Gasteiger partial charge in [-0.25, -0.2) is 0 Å². The third-order valence-corrected chi connectivity index (χ3v) is 10.4. The fourth-order valence-electron chi connectivity index (χ4n) is 6.45. The van der Waals surface area contributed by atoms with E-state index in [-0.39, 0.29) is 38.0 Å². The second-order valence-electron chi connectivity index (χ2n) is 16.7. The highest BCUT2D eigenvalue weighted by Gasteiger charge is 2.19. The zero-order chi connectivity index (χ0) is 47.2.